The average Bonchev–Trinajstić information content (AvgIpc) is 2.45. The van der Waals surface area contributed by atoms with Gasteiger partial charge in [-0.3, -0.25) is 4.98 Å². The van der Waals surface area contributed by atoms with Crippen molar-refractivity contribution < 1.29 is 0 Å². The molecule has 0 saturated heterocycles. The summed E-state index contributed by atoms with van der Waals surface area (Å²) in [5, 5.41) is 0. The number of nitrogens with zero attached hydrogens (tertiary/aromatic N) is 2. The van der Waals surface area contributed by atoms with Crippen LogP contribution in [-0.4, -0.2) is 30.5 Å². The largest absolute Gasteiger partial charge is 0.309 e. The van der Waals surface area contributed by atoms with Crippen LogP contribution in [0.4, 0.5) is 0 Å². The fourth-order valence-electron chi connectivity index (χ4n) is 2.36. The van der Waals surface area contributed by atoms with Gasteiger partial charge in [0.1, 0.15) is 0 Å². The van der Waals surface area contributed by atoms with Crippen molar-refractivity contribution in [2.24, 2.45) is 0 Å². The molecule has 19 heavy (non-hydrogen) atoms. The van der Waals surface area contributed by atoms with E-state index in [0.29, 0.717) is 5.92 Å². The van der Waals surface area contributed by atoms with Crippen LogP contribution in [0.15, 0.2) is 54.7 Å². The molecule has 0 N–H and O–H groups in total. The van der Waals surface area contributed by atoms with E-state index in [2.05, 4.69) is 66.4 Å². The van der Waals surface area contributed by atoms with Crippen LogP contribution >= 0.6 is 0 Å². The number of hydrogen-bond acceptors (Lipinski definition) is 2. The number of hydrogen-bond donors (Lipinski definition) is 0. The fraction of sp³-hybridized carbons (Fsp3) is 0.353. The molecule has 0 aliphatic heterocycles. The van der Waals surface area contributed by atoms with Crippen LogP contribution in [0.1, 0.15) is 30.0 Å². The minimum Gasteiger partial charge on any atom is -0.309 e. The van der Waals surface area contributed by atoms with E-state index >= 15 is 0 Å². The fourth-order valence-corrected chi connectivity index (χ4v) is 2.36. The van der Waals surface area contributed by atoms with Crippen molar-refractivity contribution in [1.29, 1.82) is 0 Å². The smallest absolute Gasteiger partial charge is 0.0478 e. The molecule has 0 spiro atoms. The second-order valence-electron chi connectivity index (χ2n) is 5.16. The molecule has 2 aromatic rings. The first-order chi connectivity index (χ1) is 9.27. The minimum absolute atomic E-state index is 0.405. The summed E-state index contributed by atoms with van der Waals surface area (Å²) in [5.41, 5.74) is 2.53. The average molecular weight is 254 g/mol. The molecule has 1 aromatic heterocycles. The first-order valence-electron chi connectivity index (χ1n) is 6.88. The van der Waals surface area contributed by atoms with Crippen LogP contribution in [0.25, 0.3) is 0 Å². The van der Waals surface area contributed by atoms with Gasteiger partial charge in [0, 0.05) is 17.8 Å². The molecule has 2 nitrogen and oxygen atoms in total. The molecular weight excluding hydrogens is 232 g/mol. The van der Waals surface area contributed by atoms with E-state index in [9.17, 15) is 0 Å². The Hall–Kier alpha value is -1.67. The Morgan fingerprint density at radius 1 is 1.00 bits per heavy atom. The zero-order valence-corrected chi connectivity index (χ0v) is 11.8. The Morgan fingerprint density at radius 3 is 2.37 bits per heavy atom. The molecular formula is C17H22N2. The van der Waals surface area contributed by atoms with Gasteiger partial charge in [-0.15, -0.1) is 0 Å². The summed E-state index contributed by atoms with van der Waals surface area (Å²) in [5.74, 6) is 0.405. The van der Waals surface area contributed by atoms with E-state index in [1.807, 2.05) is 12.3 Å². The standard InChI is InChI=1S/C17H22N2/c1-19(2)14-8-11-16(15-9-4-3-5-10-15)17-12-6-7-13-18-17/h3-7,9-10,12-13,16H,8,11,14H2,1-2H3. The SMILES string of the molecule is CN(C)CCCC(c1ccccc1)c1ccccn1. The van der Waals surface area contributed by atoms with Gasteiger partial charge in [0.05, 0.1) is 0 Å². The number of benzene rings is 1. The molecule has 2 heteroatoms. The molecule has 0 amide bonds. The number of rotatable bonds is 6. The normalized spacial score (nSPS) is 12.6. The van der Waals surface area contributed by atoms with Crippen LogP contribution in [-0.2, 0) is 0 Å². The Kier molecular flexibility index (Phi) is 5.10. The predicted molar refractivity (Wildman–Crippen MR) is 80.3 cm³/mol. The first kappa shape index (κ1) is 13.8. The van der Waals surface area contributed by atoms with Gasteiger partial charge >= 0.3 is 0 Å². The monoisotopic (exact) mass is 254 g/mol. The van der Waals surface area contributed by atoms with Gasteiger partial charge in [0.2, 0.25) is 0 Å². The van der Waals surface area contributed by atoms with Crippen molar-refractivity contribution in [3.63, 3.8) is 0 Å². The third-order valence-corrected chi connectivity index (χ3v) is 3.34. The third kappa shape index (κ3) is 4.18. The van der Waals surface area contributed by atoms with Gasteiger partial charge < -0.3 is 4.90 Å². The lowest BCUT2D eigenvalue weighted by Gasteiger charge is -2.18. The number of pyridine rings is 1. The van der Waals surface area contributed by atoms with Crippen LogP contribution in [0.5, 0.6) is 0 Å². The topological polar surface area (TPSA) is 16.1 Å². The van der Waals surface area contributed by atoms with Crippen LogP contribution in [0, 0.1) is 0 Å². The summed E-state index contributed by atoms with van der Waals surface area (Å²) >= 11 is 0. The van der Waals surface area contributed by atoms with Crippen LogP contribution in [0.2, 0.25) is 0 Å². The highest BCUT2D eigenvalue weighted by Crippen LogP contribution is 2.27. The van der Waals surface area contributed by atoms with Crippen molar-refractivity contribution in [1.82, 2.24) is 9.88 Å². The third-order valence-electron chi connectivity index (χ3n) is 3.34. The van der Waals surface area contributed by atoms with Crippen LogP contribution in [0.3, 0.4) is 0 Å². The zero-order valence-electron chi connectivity index (χ0n) is 11.8. The van der Waals surface area contributed by atoms with Crippen molar-refractivity contribution in [2.45, 2.75) is 18.8 Å². The molecule has 0 bridgehead atoms. The van der Waals surface area contributed by atoms with Gasteiger partial charge in [0.25, 0.3) is 0 Å². The van der Waals surface area contributed by atoms with E-state index in [0.717, 1.165) is 13.0 Å². The van der Waals surface area contributed by atoms with Gasteiger partial charge in [-0.05, 0) is 51.2 Å². The Morgan fingerprint density at radius 2 is 1.74 bits per heavy atom. The van der Waals surface area contributed by atoms with E-state index in [1.54, 1.807) is 0 Å². The maximum absolute atomic E-state index is 4.54. The summed E-state index contributed by atoms with van der Waals surface area (Å²) in [6, 6.07) is 16.9. The first-order valence-corrected chi connectivity index (χ1v) is 6.88. The molecule has 0 aliphatic carbocycles. The van der Waals surface area contributed by atoms with Gasteiger partial charge in [-0.2, -0.15) is 0 Å². The lowest BCUT2D eigenvalue weighted by Crippen LogP contribution is -2.14. The molecule has 1 unspecified atom stereocenters. The maximum Gasteiger partial charge on any atom is 0.0478 e. The van der Waals surface area contributed by atoms with Gasteiger partial charge in [0.15, 0.2) is 0 Å². The summed E-state index contributed by atoms with van der Waals surface area (Å²) in [6.45, 7) is 1.12. The lowest BCUT2D eigenvalue weighted by atomic mass is 9.90. The Bertz CT molecular complexity index is 426. The molecule has 0 fully saturated rings. The summed E-state index contributed by atoms with van der Waals surface area (Å²) in [4.78, 5) is 6.78. The van der Waals surface area contributed by atoms with Crippen LogP contribution < -0.4 is 0 Å². The summed E-state index contributed by atoms with van der Waals surface area (Å²) < 4.78 is 0. The van der Waals surface area contributed by atoms with E-state index in [-0.39, 0.29) is 0 Å². The molecule has 0 saturated carbocycles. The number of aromatic nitrogens is 1. The second-order valence-corrected chi connectivity index (χ2v) is 5.16. The molecule has 1 heterocycles. The van der Waals surface area contributed by atoms with Crippen molar-refractivity contribution in [3.05, 3.63) is 66.0 Å². The minimum atomic E-state index is 0.405. The zero-order chi connectivity index (χ0) is 13.5. The van der Waals surface area contributed by atoms with E-state index < -0.39 is 0 Å². The van der Waals surface area contributed by atoms with E-state index in [1.165, 1.54) is 17.7 Å². The Balaban J connectivity index is 2.14. The van der Waals surface area contributed by atoms with Crippen molar-refractivity contribution in [3.8, 4) is 0 Å². The predicted octanol–water partition coefficient (Wildman–Crippen LogP) is 3.56. The highest BCUT2D eigenvalue weighted by atomic mass is 15.0. The second kappa shape index (κ2) is 7.05. The molecule has 1 aromatic carbocycles. The Labute approximate surface area is 116 Å². The van der Waals surface area contributed by atoms with Gasteiger partial charge in [-0.1, -0.05) is 36.4 Å². The molecule has 1 atom stereocenters. The summed E-state index contributed by atoms with van der Waals surface area (Å²) in [7, 11) is 4.25. The molecule has 0 radical (unpaired) electrons. The quantitative estimate of drug-likeness (QED) is 0.783. The lowest BCUT2D eigenvalue weighted by molar-refractivity contribution is 0.389. The highest BCUT2D eigenvalue weighted by Gasteiger charge is 2.14. The summed E-state index contributed by atoms with van der Waals surface area (Å²) in [6.07, 6.45) is 4.21. The van der Waals surface area contributed by atoms with E-state index in [4.69, 9.17) is 0 Å². The molecule has 100 valence electrons. The highest BCUT2D eigenvalue weighted by molar-refractivity contribution is 5.28. The molecule has 2 rings (SSSR count). The van der Waals surface area contributed by atoms with Crippen molar-refractivity contribution >= 4 is 0 Å². The van der Waals surface area contributed by atoms with Crippen molar-refractivity contribution in [2.75, 3.05) is 20.6 Å². The van der Waals surface area contributed by atoms with Gasteiger partial charge in [-0.25, -0.2) is 0 Å². The molecule has 0 aliphatic rings. The maximum atomic E-state index is 4.54.